The number of nitrogens with two attached hydrogens (primary N) is 1. The fraction of sp³-hybridized carbons (Fsp3) is 0.300. The van der Waals surface area contributed by atoms with Gasteiger partial charge in [-0.25, -0.2) is 5.26 Å². The number of hydrogen-bond donors (Lipinski definition) is 1. The zero-order valence-electron chi connectivity index (χ0n) is 7.20. The molecule has 1 aliphatic carbocycles. The molecular formula is C10H11IN2. The lowest BCUT2D eigenvalue weighted by Gasteiger charge is -2.01. The number of anilines is 1. The molecule has 1 aliphatic rings. The van der Waals surface area contributed by atoms with Gasteiger partial charge in [-0.1, -0.05) is 6.07 Å². The molecule has 0 radical (unpaired) electrons. The van der Waals surface area contributed by atoms with Gasteiger partial charge < -0.3 is 5.73 Å². The number of halogens is 1. The van der Waals surface area contributed by atoms with E-state index in [2.05, 4.69) is 41.3 Å². The molecule has 2 rings (SSSR count). The van der Waals surface area contributed by atoms with Crippen LogP contribution in [0.1, 0.15) is 24.3 Å². The molecule has 2 N–H and O–H groups in total. The fourth-order valence-electron chi connectivity index (χ4n) is 1.21. The lowest BCUT2D eigenvalue weighted by Crippen LogP contribution is -1.90. The van der Waals surface area contributed by atoms with Crippen molar-refractivity contribution in [3.05, 3.63) is 27.3 Å². The van der Waals surface area contributed by atoms with Gasteiger partial charge in [0, 0.05) is 15.8 Å². The van der Waals surface area contributed by atoms with Crippen LogP contribution in [-0.2, 0) is 0 Å². The predicted octanol–water partition coefficient (Wildman–Crippen LogP) is 2.89. The maximum Gasteiger partial charge on any atom is 0.0462 e. The summed E-state index contributed by atoms with van der Waals surface area (Å²) in [6.07, 6.45) is 2.72. The smallest absolute Gasteiger partial charge is 0.0462 e. The Labute approximate surface area is 91.9 Å². The van der Waals surface area contributed by atoms with Crippen molar-refractivity contribution in [2.45, 2.75) is 18.8 Å². The molecule has 0 atom stereocenters. The average Bonchev–Trinajstić information content (AvgIpc) is 2.96. The molecule has 0 spiro atoms. The topological polar surface area (TPSA) is 49.8 Å². The molecule has 1 fully saturated rings. The number of nitrogen functional groups attached to an aromatic ring is 1. The van der Waals surface area contributed by atoms with Crippen LogP contribution in [0.5, 0.6) is 0 Å². The quantitative estimate of drug-likeness (QED) is 0.637. The van der Waals surface area contributed by atoms with Crippen LogP contribution in [0.25, 0.3) is 0 Å². The molecule has 0 heterocycles. The number of nitriles is 1. The number of rotatable bonds is 1. The summed E-state index contributed by atoms with van der Waals surface area (Å²) in [6.45, 7) is 3.50. The molecule has 0 amide bonds. The van der Waals surface area contributed by atoms with Crippen molar-refractivity contribution in [1.82, 2.24) is 0 Å². The molecule has 2 nitrogen and oxygen atoms in total. The normalized spacial score (nSPS) is 14.4. The van der Waals surface area contributed by atoms with Crippen LogP contribution < -0.4 is 5.73 Å². The van der Waals surface area contributed by atoms with Gasteiger partial charge in [-0.05, 0) is 59.0 Å². The monoisotopic (exact) mass is 286 g/mol. The minimum atomic E-state index is 0.837. The van der Waals surface area contributed by atoms with Crippen molar-refractivity contribution in [1.29, 1.82) is 5.26 Å². The molecular weight excluding hydrogens is 275 g/mol. The van der Waals surface area contributed by atoms with Crippen LogP contribution in [0, 0.1) is 15.4 Å². The molecule has 68 valence electrons. The number of nitrogens with zero attached hydrogens (tertiary/aromatic N) is 1. The summed E-state index contributed by atoms with van der Waals surface area (Å²) in [5, 5.41) is 6.50. The summed E-state index contributed by atoms with van der Waals surface area (Å²) in [5.74, 6) is 0.837. The highest BCUT2D eigenvalue weighted by atomic mass is 127. The Morgan fingerprint density at radius 1 is 1.38 bits per heavy atom. The van der Waals surface area contributed by atoms with Crippen molar-refractivity contribution < 1.29 is 0 Å². The summed E-state index contributed by atoms with van der Waals surface area (Å²) >= 11 is 2.29. The van der Waals surface area contributed by atoms with Crippen LogP contribution in [0.4, 0.5) is 5.69 Å². The Hall–Kier alpha value is -0.760. The largest absolute Gasteiger partial charge is 0.398 e. The van der Waals surface area contributed by atoms with E-state index in [1.807, 2.05) is 6.07 Å². The molecule has 1 aromatic rings. The minimum Gasteiger partial charge on any atom is -0.398 e. The van der Waals surface area contributed by atoms with E-state index in [4.69, 9.17) is 11.0 Å². The summed E-state index contributed by atoms with van der Waals surface area (Å²) in [4.78, 5) is 0. The van der Waals surface area contributed by atoms with Gasteiger partial charge in [-0.15, -0.1) is 0 Å². The van der Waals surface area contributed by atoms with Crippen LogP contribution in [0.15, 0.2) is 18.2 Å². The fourth-order valence-corrected chi connectivity index (χ4v) is 1.75. The van der Waals surface area contributed by atoms with Crippen LogP contribution in [-0.4, -0.2) is 0 Å². The Morgan fingerprint density at radius 2 is 2.00 bits per heavy atom. The van der Waals surface area contributed by atoms with Gasteiger partial charge >= 0.3 is 0 Å². The lowest BCUT2D eigenvalue weighted by molar-refractivity contribution is 1.13. The summed E-state index contributed by atoms with van der Waals surface area (Å²) in [5.41, 5.74) is 8.06. The molecule has 3 heteroatoms. The van der Waals surface area contributed by atoms with E-state index >= 15 is 0 Å². The second-order valence-electron chi connectivity index (χ2n) is 3.06. The Morgan fingerprint density at radius 3 is 2.46 bits per heavy atom. The van der Waals surface area contributed by atoms with Crippen LogP contribution in [0.3, 0.4) is 0 Å². The molecule has 0 bridgehead atoms. The van der Waals surface area contributed by atoms with Gasteiger partial charge in [0.15, 0.2) is 0 Å². The SMILES string of the molecule is C#N.Nc1ccc(C2CC2)cc1I. The predicted molar refractivity (Wildman–Crippen MR) is 62.2 cm³/mol. The standard InChI is InChI=1S/C9H10IN.CHN/c10-8-5-7(6-1-2-6)3-4-9(8)11;1-2/h3-6H,1-2,11H2;1H. The van der Waals surface area contributed by atoms with Crippen LogP contribution >= 0.6 is 22.6 Å². The maximum atomic E-state index is 6.50. The van der Waals surface area contributed by atoms with Crippen molar-refractivity contribution in [2.24, 2.45) is 0 Å². The lowest BCUT2D eigenvalue weighted by atomic mass is 10.1. The molecule has 0 saturated heterocycles. The van der Waals surface area contributed by atoms with Gasteiger partial charge in [0.25, 0.3) is 0 Å². The van der Waals surface area contributed by atoms with Crippen molar-refractivity contribution >= 4 is 28.3 Å². The third-order valence-electron chi connectivity index (χ3n) is 2.07. The summed E-state index contributed by atoms with van der Waals surface area (Å²) in [6, 6.07) is 6.36. The van der Waals surface area contributed by atoms with Crippen LogP contribution in [0.2, 0.25) is 0 Å². The Balaban J connectivity index is 0.000000396. The first-order valence-electron chi connectivity index (χ1n) is 4.08. The third kappa shape index (κ3) is 2.59. The summed E-state index contributed by atoms with van der Waals surface area (Å²) < 4.78 is 1.19. The van der Waals surface area contributed by atoms with Gasteiger partial charge in [0.05, 0.1) is 0 Å². The Kier molecular flexibility index (Phi) is 3.55. The molecule has 13 heavy (non-hydrogen) atoms. The van der Waals surface area contributed by atoms with E-state index in [0.717, 1.165) is 11.6 Å². The van der Waals surface area contributed by atoms with Gasteiger partial charge in [-0.3, -0.25) is 0 Å². The van der Waals surface area contributed by atoms with E-state index < -0.39 is 0 Å². The molecule has 0 unspecified atom stereocenters. The highest BCUT2D eigenvalue weighted by Crippen LogP contribution is 2.40. The zero-order chi connectivity index (χ0) is 9.84. The first-order valence-corrected chi connectivity index (χ1v) is 5.16. The van der Waals surface area contributed by atoms with E-state index in [1.54, 1.807) is 0 Å². The minimum absolute atomic E-state index is 0.837. The third-order valence-corrected chi connectivity index (χ3v) is 3.01. The van der Waals surface area contributed by atoms with Crippen molar-refractivity contribution in [2.75, 3.05) is 5.73 Å². The molecule has 1 saturated carbocycles. The van der Waals surface area contributed by atoms with E-state index in [0.29, 0.717) is 0 Å². The van der Waals surface area contributed by atoms with Crippen molar-refractivity contribution in [3.63, 3.8) is 0 Å². The first kappa shape index (κ1) is 10.3. The average molecular weight is 286 g/mol. The Bertz CT molecular complexity index is 316. The second kappa shape index (κ2) is 4.47. The number of hydrogen-bond acceptors (Lipinski definition) is 2. The zero-order valence-corrected chi connectivity index (χ0v) is 9.36. The molecule has 0 aromatic heterocycles. The first-order chi connectivity index (χ1) is 6.27. The van der Waals surface area contributed by atoms with Crippen molar-refractivity contribution in [3.8, 4) is 6.57 Å². The molecule has 0 aliphatic heterocycles. The van der Waals surface area contributed by atoms with E-state index in [-0.39, 0.29) is 0 Å². The van der Waals surface area contributed by atoms with E-state index in [1.165, 1.54) is 22.0 Å². The highest BCUT2D eigenvalue weighted by Gasteiger charge is 2.23. The molecule has 1 aromatic carbocycles. The summed E-state index contributed by atoms with van der Waals surface area (Å²) in [7, 11) is 0. The highest BCUT2D eigenvalue weighted by molar-refractivity contribution is 14.1. The number of benzene rings is 1. The second-order valence-corrected chi connectivity index (χ2v) is 4.22. The van der Waals surface area contributed by atoms with Gasteiger partial charge in [-0.2, -0.15) is 0 Å². The van der Waals surface area contributed by atoms with Gasteiger partial charge in [0.2, 0.25) is 0 Å². The maximum absolute atomic E-state index is 6.50. The van der Waals surface area contributed by atoms with Gasteiger partial charge in [0.1, 0.15) is 0 Å². The van der Waals surface area contributed by atoms with E-state index in [9.17, 15) is 0 Å².